The minimum atomic E-state index is 0.632. The van der Waals surface area contributed by atoms with Crippen LogP contribution in [0.2, 0.25) is 0 Å². The Morgan fingerprint density at radius 1 is 1.55 bits per heavy atom. The molecule has 3 heteroatoms. The summed E-state index contributed by atoms with van der Waals surface area (Å²) in [6.07, 6.45) is 5.12. The molecule has 0 aliphatic heterocycles. The Morgan fingerprint density at radius 3 is 2.64 bits per heavy atom. The van der Waals surface area contributed by atoms with Crippen LogP contribution in [0, 0.1) is 0 Å². The van der Waals surface area contributed by atoms with Gasteiger partial charge in [-0.1, -0.05) is 0 Å². The Balaban J connectivity index is 2.82. The molecule has 0 aliphatic rings. The van der Waals surface area contributed by atoms with Gasteiger partial charge in [-0.15, -0.1) is 0 Å². The minimum Gasteiger partial charge on any atom is -0.304 e. The van der Waals surface area contributed by atoms with Gasteiger partial charge < -0.3 is 4.90 Å². The lowest BCUT2D eigenvalue weighted by Crippen LogP contribution is -2.19. The van der Waals surface area contributed by atoms with Crippen molar-refractivity contribution >= 4 is 12.1 Å². The average molecular weight is 149 g/mol. The van der Waals surface area contributed by atoms with Crippen molar-refractivity contribution in [3.8, 4) is 0 Å². The molecule has 0 saturated carbocycles. The van der Waals surface area contributed by atoms with Gasteiger partial charge in [-0.3, -0.25) is 9.78 Å². The molecule has 11 heavy (non-hydrogen) atoms. The predicted octanol–water partition coefficient (Wildman–Crippen LogP) is 0.975. The van der Waals surface area contributed by atoms with Crippen molar-refractivity contribution in [1.82, 2.24) is 4.98 Å². The third-order valence-corrected chi connectivity index (χ3v) is 1.40. The van der Waals surface area contributed by atoms with Crippen LogP contribution in [-0.4, -0.2) is 17.9 Å². The van der Waals surface area contributed by atoms with Crippen LogP contribution in [0.5, 0.6) is 0 Å². The molecule has 1 aromatic rings. The van der Waals surface area contributed by atoms with E-state index >= 15 is 0 Å². The van der Waals surface area contributed by atoms with Gasteiger partial charge >= 0.3 is 6.41 Å². The number of carbonyl (C=O) groups excluding carboxylic acids is 1. The highest BCUT2D eigenvalue weighted by Crippen LogP contribution is 2.08. The van der Waals surface area contributed by atoms with E-state index in [4.69, 9.17) is 0 Å². The van der Waals surface area contributed by atoms with Crippen LogP contribution in [0.15, 0.2) is 24.5 Å². The number of anilines is 1. The summed E-state index contributed by atoms with van der Waals surface area (Å²) in [5.41, 5.74) is 0.831. The smallest absolute Gasteiger partial charge is 0.304 e. The molecular formula is C8H9N2O. The highest BCUT2D eigenvalue weighted by atomic mass is 16.1. The van der Waals surface area contributed by atoms with Crippen molar-refractivity contribution in [1.29, 1.82) is 0 Å². The van der Waals surface area contributed by atoms with Crippen LogP contribution in [0.1, 0.15) is 6.92 Å². The third-order valence-electron chi connectivity index (χ3n) is 1.40. The zero-order chi connectivity index (χ0) is 8.10. The van der Waals surface area contributed by atoms with Crippen molar-refractivity contribution < 1.29 is 4.79 Å². The number of aromatic nitrogens is 1. The van der Waals surface area contributed by atoms with Gasteiger partial charge in [0.05, 0.1) is 0 Å². The molecule has 0 aliphatic carbocycles. The Kier molecular flexibility index (Phi) is 2.60. The predicted molar refractivity (Wildman–Crippen MR) is 43.0 cm³/mol. The summed E-state index contributed by atoms with van der Waals surface area (Å²) in [6.45, 7) is 2.53. The quantitative estimate of drug-likeness (QED) is 0.600. The molecule has 0 bridgehead atoms. The number of hydrogen-bond donors (Lipinski definition) is 0. The molecule has 0 saturated heterocycles. The lowest BCUT2D eigenvalue weighted by atomic mass is 10.4. The number of pyridine rings is 1. The first-order valence-corrected chi connectivity index (χ1v) is 3.44. The Labute approximate surface area is 65.7 Å². The van der Waals surface area contributed by atoms with E-state index in [9.17, 15) is 4.79 Å². The van der Waals surface area contributed by atoms with Crippen molar-refractivity contribution in [2.24, 2.45) is 0 Å². The fourth-order valence-corrected chi connectivity index (χ4v) is 0.824. The SMILES string of the molecule is CCN([C]=O)c1ccncc1. The summed E-state index contributed by atoms with van der Waals surface area (Å²) < 4.78 is 0. The van der Waals surface area contributed by atoms with Gasteiger partial charge in [0.15, 0.2) is 0 Å². The molecule has 0 N–H and O–H groups in total. The monoisotopic (exact) mass is 149 g/mol. The molecule has 0 aromatic carbocycles. The van der Waals surface area contributed by atoms with Gasteiger partial charge in [0, 0.05) is 24.6 Å². The van der Waals surface area contributed by atoms with E-state index in [1.807, 2.05) is 13.3 Å². The fourth-order valence-electron chi connectivity index (χ4n) is 0.824. The maximum Gasteiger partial charge on any atom is 0.316 e. The summed E-state index contributed by atoms with van der Waals surface area (Å²) in [4.78, 5) is 15.6. The number of rotatable bonds is 3. The molecule has 57 valence electrons. The van der Waals surface area contributed by atoms with Crippen LogP contribution in [-0.2, 0) is 4.79 Å². The van der Waals surface area contributed by atoms with Gasteiger partial charge in [0.2, 0.25) is 0 Å². The molecule has 1 rings (SSSR count). The third kappa shape index (κ3) is 1.77. The second-order valence-electron chi connectivity index (χ2n) is 2.04. The number of nitrogens with zero attached hydrogens (tertiary/aromatic N) is 2. The van der Waals surface area contributed by atoms with Crippen molar-refractivity contribution in [3.63, 3.8) is 0 Å². The lowest BCUT2D eigenvalue weighted by Gasteiger charge is -2.11. The molecular weight excluding hydrogens is 140 g/mol. The van der Waals surface area contributed by atoms with Crippen LogP contribution >= 0.6 is 0 Å². The van der Waals surface area contributed by atoms with Crippen LogP contribution < -0.4 is 4.90 Å². The lowest BCUT2D eigenvalue weighted by molar-refractivity contribution is 0.552. The van der Waals surface area contributed by atoms with Crippen LogP contribution in [0.4, 0.5) is 5.69 Å². The maximum atomic E-state index is 10.3. The summed E-state index contributed by atoms with van der Waals surface area (Å²) in [5.74, 6) is 0. The molecule has 3 nitrogen and oxygen atoms in total. The first kappa shape index (κ1) is 7.72. The van der Waals surface area contributed by atoms with Crippen LogP contribution in [0.3, 0.4) is 0 Å². The highest BCUT2D eigenvalue weighted by molar-refractivity contribution is 5.74. The second kappa shape index (κ2) is 3.71. The second-order valence-corrected chi connectivity index (χ2v) is 2.04. The van der Waals surface area contributed by atoms with Crippen LogP contribution in [0.25, 0.3) is 0 Å². The van der Waals surface area contributed by atoms with E-state index < -0.39 is 0 Å². The molecule has 1 radical (unpaired) electrons. The largest absolute Gasteiger partial charge is 0.316 e. The van der Waals surface area contributed by atoms with Crippen molar-refractivity contribution in [3.05, 3.63) is 24.5 Å². The maximum absolute atomic E-state index is 10.3. The van der Waals surface area contributed by atoms with Gasteiger partial charge in [-0.25, -0.2) is 0 Å². The Hall–Kier alpha value is -1.38. The van der Waals surface area contributed by atoms with E-state index in [2.05, 4.69) is 4.98 Å². The fraction of sp³-hybridized carbons (Fsp3) is 0.250. The number of amides is 1. The Morgan fingerprint density at radius 2 is 2.18 bits per heavy atom. The van der Waals surface area contributed by atoms with E-state index in [0.29, 0.717) is 6.54 Å². The molecule has 1 heterocycles. The highest BCUT2D eigenvalue weighted by Gasteiger charge is 2.00. The summed E-state index contributed by atoms with van der Waals surface area (Å²) >= 11 is 0. The van der Waals surface area contributed by atoms with Gasteiger partial charge in [0.25, 0.3) is 0 Å². The average Bonchev–Trinajstić information content (AvgIpc) is 2.09. The van der Waals surface area contributed by atoms with E-state index in [-0.39, 0.29) is 0 Å². The molecule has 0 fully saturated rings. The van der Waals surface area contributed by atoms with E-state index in [1.165, 1.54) is 4.90 Å². The summed E-state index contributed by atoms with van der Waals surface area (Å²) in [5, 5.41) is 0. The Bertz CT molecular complexity index is 223. The van der Waals surface area contributed by atoms with Gasteiger partial charge in [-0.2, -0.15) is 0 Å². The van der Waals surface area contributed by atoms with Crippen molar-refractivity contribution in [2.45, 2.75) is 6.92 Å². The summed E-state index contributed by atoms with van der Waals surface area (Å²) in [6, 6.07) is 3.54. The first-order valence-electron chi connectivity index (χ1n) is 3.44. The molecule has 1 aromatic heterocycles. The molecule has 0 atom stereocenters. The first-order chi connectivity index (χ1) is 5.38. The van der Waals surface area contributed by atoms with Crippen molar-refractivity contribution in [2.75, 3.05) is 11.4 Å². The molecule has 0 spiro atoms. The zero-order valence-electron chi connectivity index (χ0n) is 6.32. The topological polar surface area (TPSA) is 33.2 Å². The van der Waals surface area contributed by atoms with E-state index in [1.54, 1.807) is 24.5 Å². The minimum absolute atomic E-state index is 0.632. The normalized spacial score (nSPS) is 9.18. The molecule has 0 unspecified atom stereocenters. The van der Waals surface area contributed by atoms with Gasteiger partial charge in [-0.05, 0) is 19.1 Å². The number of hydrogen-bond acceptors (Lipinski definition) is 2. The van der Waals surface area contributed by atoms with Gasteiger partial charge in [0.1, 0.15) is 0 Å². The molecule has 1 amide bonds. The zero-order valence-corrected chi connectivity index (χ0v) is 6.32. The standard InChI is InChI=1S/C8H9N2O/c1-2-10(7-11)8-3-5-9-6-4-8/h3-6H,2H2,1H3. The summed E-state index contributed by atoms with van der Waals surface area (Å²) in [7, 11) is 0. The van der Waals surface area contributed by atoms with E-state index in [0.717, 1.165) is 5.69 Å².